The smallest absolute Gasteiger partial charge is 0.326 e. The van der Waals surface area contributed by atoms with E-state index in [-0.39, 0.29) is 87.1 Å². The molecule has 0 heterocycles. The SMILES string of the molecule is CC(=O)NCCOCCOCCOCCC(=O)NCC1CCC(C(=O)N[C@@H](Cc2ccc3ccccc3c2)C(=O)NCCCC[C@H](NC(=O)N[C@@H](CCCC(=O)O)C(=O)O)C(O)O)CC1. The predicted octanol–water partition coefficient (Wildman–Crippen LogP) is 1.34. The van der Waals surface area contributed by atoms with Crippen molar-refractivity contribution in [3.63, 3.8) is 0 Å². The van der Waals surface area contributed by atoms with E-state index in [0.29, 0.717) is 71.8 Å². The molecule has 362 valence electrons. The number of rotatable bonds is 32. The monoisotopic (exact) mass is 916 g/mol. The number of ether oxygens (including phenoxy) is 3. The fourth-order valence-electron chi connectivity index (χ4n) is 7.28. The predicted molar refractivity (Wildman–Crippen MR) is 237 cm³/mol. The van der Waals surface area contributed by atoms with Gasteiger partial charge < -0.3 is 66.5 Å². The van der Waals surface area contributed by atoms with Crippen molar-refractivity contribution in [1.82, 2.24) is 31.9 Å². The molecule has 0 aromatic heterocycles. The summed E-state index contributed by atoms with van der Waals surface area (Å²) in [6.45, 7) is 4.74. The number of carbonyl (C=O) groups excluding carboxylic acids is 5. The summed E-state index contributed by atoms with van der Waals surface area (Å²) in [5.41, 5.74) is 0.858. The summed E-state index contributed by atoms with van der Waals surface area (Å²) in [7, 11) is 0. The topological polar surface area (TPSA) is 300 Å². The first-order valence-electron chi connectivity index (χ1n) is 22.4. The number of unbranched alkanes of at least 4 members (excludes halogenated alkanes) is 1. The Hall–Kier alpha value is -5.41. The highest BCUT2D eigenvalue weighted by atomic mass is 16.5. The number of carboxylic acid groups (broad SMARTS) is 2. The van der Waals surface area contributed by atoms with Crippen molar-refractivity contribution in [3.05, 3.63) is 48.0 Å². The van der Waals surface area contributed by atoms with Gasteiger partial charge in [0.1, 0.15) is 12.1 Å². The van der Waals surface area contributed by atoms with Crippen LogP contribution in [0.3, 0.4) is 0 Å². The molecule has 0 radical (unpaired) electrons. The second-order valence-electron chi connectivity index (χ2n) is 16.1. The highest BCUT2D eigenvalue weighted by molar-refractivity contribution is 5.89. The Morgan fingerprint density at radius 2 is 1.35 bits per heavy atom. The van der Waals surface area contributed by atoms with Gasteiger partial charge in [-0.25, -0.2) is 9.59 Å². The number of amides is 6. The van der Waals surface area contributed by atoms with E-state index in [0.717, 1.165) is 29.2 Å². The molecule has 20 heteroatoms. The Morgan fingerprint density at radius 3 is 2.02 bits per heavy atom. The molecule has 0 spiro atoms. The summed E-state index contributed by atoms with van der Waals surface area (Å²) in [4.78, 5) is 85.3. The Kier molecular flexibility index (Phi) is 25.4. The number of urea groups is 1. The average molecular weight is 917 g/mol. The number of aliphatic carboxylic acids is 2. The van der Waals surface area contributed by atoms with Crippen molar-refractivity contribution in [2.24, 2.45) is 11.8 Å². The van der Waals surface area contributed by atoms with E-state index in [1.54, 1.807) is 0 Å². The zero-order chi connectivity index (χ0) is 47.4. The molecule has 10 N–H and O–H groups in total. The third kappa shape index (κ3) is 22.9. The van der Waals surface area contributed by atoms with Crippen LogP contribution in [0.2, 0.25) is 0 Å². The molecule has 6 amide bonds. The van der Waals surface area contributed by atoms with E-state index in [9.17, 15) is 48.9 Å². The largest absolute Gasteiger partial charge is 0.481 e. The summed E-state index contributed by atoms with van der Waals surface area (Å²) in [5.74, 6) is -3.40. The van der Waals surface area contributed by atoms with Crippen molar-refractivity contribution < 1.29 is 68.2 Å². The maximum atomic E-state index is 13.6. The molecule has 1 aliphatic rings. The van der Waals surface area contributed by atoms with Crippen LogP contribution in [-0.4, -0.2) is 146 Å². The van der Waals surface area contributed by atoms with Crippen LogP contribution in [0, 0.1) is 11.8 Å². The van der Waals surface area contributed by atoms with Gasteiger partial charge in [0.15, 0.2) is 6.29 Å². The lowest BCUT2D eigenvalue weighted by atomic mass is 9.81. The summed E-state index contributed by atoms with van der Waals surface area (Å²) in [6, 6.07) is 9.32. The first-order valence-corrected chi connectivity index (χ1v) is 22.4. The minimum atomic E-state index is -1.96. The Labute approximate surface area is 379 Å². The average Bonchev–Trinajstić information content (AvgIpc) is 3.27. The molecule has 3 rings (SSSR count). The molecule has 1 aliphatic carbocycles. The Balaban J connectivity index is 1.41. The number of fused-ring (bicyclic) bond motifs is 1. The van der Waals surface area contributed by atoms with E-state index < -0.39 is 42.4 Å². The second kappa shape index (κ2) is 30.7. The van der Waals surface area contributed by atoms with Gasteiger partial charge in [-0.2, -0.15) is 0 Å². The van der Waals surface area contributed by atoms with Crippen LogP contribution in [0.25, 0.3) is 10.8 Å². The van der Waals surface area contributed by atoms with Gasteiger partial charge in [-0.15, -0.1) is 0 Å². The summed E-state index contributed by atoms with van der Waals surface area (Å²) < 4.78 is 16.3. The minimum absolute atomic E-state index is 0.0153. The van der Waals surface area contributed by atoms with Gasteiger partial charge in [-0.1, -0.05) is 42.5 Å². The molecule has 65 heavy (non-hydrogen) atoms. The number of carbonyl (C=O) groups is 7. The number of benzene rings is 2. The van der Waals surface area contributed by atoms with Crippen LogP contribution in [0.1, 0.15) is 83.1 Å². The lowest BCUT2D eigenvalue weighted by Crippen LogP contribution is -2.52. The highest BCUT2D eigenvalue weighted by Gasteiger charge is 2.30. The van der Waals surface area contributed by atoms with E-state index in [1.807, 2.05) is 42.5 Å². The molecule has 2 aromatic carbocycles. The van der Waals surface area contributed by atoms with E-state index in [2.05, 4.69) is 31.9 Å². The van der Waals surface area contributed by atoms with E-state index >= 15 is 0 Å². The minimum Gasteiger partial charge on any atom is -0.481 e. The first-order chi connectivity index (χ1) is 31.2. The van der Waals surface area contributed by atoms with Crippen LogP contribution >= 0.6 is 0 Å². The van der Waals surface area contributed by atoms with Crippen LogP contribution in [0.15, 0.2) is 42.5 Å². The van der Waals surface area contributed by atoms with E-state index in [4.69, 9.17) is 19.3 Å². The standard InChI is InChI=1S/C45H68N6O14/c1-30(52)46-20-22-64-24-26-65-25-23-63-21-18-39(53)48-29-31-12-16-34(17-13-31)41(56)49-38(28-32-14-15-33-7-2-3-8-35(33)27-32)42(57)47-19-5-4-9-36(43(58)59)50-45(62)51-37(44(60)61)10-6-11-40(54)55/h2-3,7-8,14-15,27,31,34,36-38,43,58-59H,4-6,9-13,16-26,28-29H2,1H3,(H,46,52)(H,47,57)(H,48,53)(H,49,56)(H,54,55)(H,60,61)(H2,50,51,62)/t31?,34?,36-,37-,38-/m0/s1. The van der Waals surface area contributed by atoms with Gasteiger partial charge >= 0.3 is 18.0 Å². The lowest BCUT2D eigenvalue weighted by molar-refractivity contribution is -0.140. The van der Waals surface area contributed by atoms with Gasteiger partial charge in [0.05, 0.1) is 45.7 Å². The van der Waals surface area contributed by atoms with Gasteiger partial charge in [-0.05, 0) is 80.0 Å². The molecule has 1 fully saturated rings. The molecule has 0 bridgehead atoms. The van der Waals surface area contributed by atoms with Crippen LogP contribution in [0.4, 0.5) is 4.79 Å². The number of carboxylic acids is 2. The fourth-order valence-corrected chi connectivity index (χ4v) is 7.28. The molecule has 0 saturated heterocycles. The quantitative estimate of drug-likeness (QED) is 0.0366. The molecule has 3 atom stereocenters. The maximum absolute atomic E-state index is 13.6. The summed E-state index contributed by atoms with van der Waals surface area (Å²) in [6.07, 6.45) is 1.56. The van der Waals surface area contributed by atoms with E-state index in [1.165, 1.54) is 6.92 Å². The Bertz CT molecular complexity index is 1810. The summed E-state index contributed by atoms with van der Waals surface area (Å²) >= 11 is 0. The third-order valence-electron chi connectivity index (χ3n) is 10.9. The molecular formula is C45H68N6O14. The van der Waals surface area contributed by atoms with Crippen molar-refractivity contribution in [3.8, 4) is 0 Å². The maximum Gasteiger partial charge on any atom is 0.326 e. The molecule has 2 aromatic rings. The second-order valence-corrected chi connectivity index (χ2v) is 16.1. The molecule has 1 saturated carbocycles. The van der Waals surface area contributed by atoms with Crippen molar-refractivity contribution in [2.75, 3.05) is 59.3 Å². The van der Waals surface area contributed by atoms with Crippen LogP contribution in [-0.2, 0) is 49.4 Å². The molecule has 0 unspecified atom stereocenters. The Morgan fingerprint density at radius 1 is 0.677 bits per heavy atom. The van der Waals surface area contributed by atoms with Gasteiger partial charge in [0, 0.05) is 51.7 Å². The fraction of sp³-hybridized carbons (Fsp3) is 0.622. The van der Waals surface area contributed by atoms with Gasteiger partial charge in [-0.3, -0.25) is 24.0 Å². The van der Waals surface area contributed by atoms with Crippen LogP contribution in [0.5, 0.6) is 0 Å². The normalized spacial score (nSPS) is 16.2. The molecule has 0 aliphatic heterocycles. The number of aliphatic hydroxyl groups excluding tert-OH is 1. The third-order valence-corrected chi connectivity index (χ3v) is 10.9. The number of nitrogens with one attached hydrogen (secondary N) is 6. The first kappa shape index (κ1) is 53.9. The molecular weight excluding hydrogens is 849 g/mol. The number of hydrogen-bond donors (Lipinski definition) is 10. The van der Waals surface area contributed by atoms with Crippen molar-refractivity contribution >= 4 is 52.4 Å². The molecule has 20 nitrogen and oxygen atoms in total. The lowest BCUT2D eigenvalue weighted by Gasteiger charge is -2.29. The van der Waals surface area contributed by atoms with Crippen molar-refractivity contribution in [1.29, 1.82) is 0 Å². The van der Waals surface area contributed by atoms with Crippen molar-refractivity contribution in [2.45, 2.75) is 108 Å². The highest BCUT2D eigenvalue weighted by Crippen LogP contribution is 2.29. The number of hydrogen-bond acceptors (Lipinski definition) is 12. The zero-order valence-corrected chi connectivity index (χ0v) is 37.2. The van der Waals surface area contributed by atoms with Gasteiger partial charge in [0.25, 0.3) is 0 Å². The zero-order valence-electron chi connectivity index (χ0n) is 37.2. The summed E-state index contributed by atoms with van der Waals surface area (Å²) in [5, 5.41) is 56.0. The van der Waals surface area contributed by atoms with Gasteiger partial charge in [0.2, 0.25) is 23.6 Å². The van der Waals surface area contributed by atoms with Crippen LogP contribution < -0.4 is 31.9 Å². The number of aliphatic hydroxyl groups is 2.